The number of aryl methyl sites for hydroxylation is 1. The summed E-state index contributed by atoms with van der Waals surface area (Å²) < 4.78 is 0. The lowest BCUT2D eigenvalue weighted by atomic mass is 9.67. The van der Waals surface area contributed by atoms with E-state index in [0.29, 0.717) is 0 Å². The van der Waals surface area contributed by atoms with E-state index in [0.717, 1.165) is 22.3 Å². The van der Waals surface area contributed by atoms with E-state index in [1.807, 2.05) is 50.3 Å². The van der Waals surface area contributed by atoms with Crippen LogP contribution < -0.4 is 0 Å². The summed E-state index contributed by atoms with van der Waals surface area (Å²) in [6, 6.07) is 5.87. The first-order chi connectivity index (χ1) is 8.61. The monoisotopic (exact) mass is 242 g/mol. The lowest BCUT2D eigenvalue weighted by molar-refractivity contribution is 0.0181. The number of hydrogen-bond donors (Lipinski definition) is 2. The van der Waals surface area contributed by atoms with Crippen molar-refractivity contribution < 1.29 is 10.2 Å². The molecule has 0 spiro atoms. The van der Waals surface area contributed by atoms with Crippen LogP contribution in [0.5, 0.6) is 0 Å². The Balaban J connectivity index is 2.19. The third kappa shape index (κ3) is 1.49. The Kier molecular flexibility index (Phi) is 2.65. The molecule has 2 N–H and O–H groups in total. The SMILES string of the molecule is CC1=CC=CC2C(O)c3c(C)cccc3C(O)C12. The topological polar surface area (TPSA) is 40.5 Å². The van der Waals surface area contributed by atoms with E-state index >= 15 is 0 Å². The molecule has 0 radical (unpaired) electrons. The van der Waals surface area contributed by atoms with E-state index in [1.54, 1.807) is 0 Å². The highest BCUT2D eigenvalue weighted by molar-refractivity contribution is 5.44. The van der Waals surface area contributed by atoms with E-state index in [2.05, 4.69) is 0 Å². The fourth-order valence-corrected chi connectivity index (χ4v) is 3.38. The molecule has 1 aromatic rings. The second-order valence-electron chi connectivity index (χ2n) is 5.37. The van der Waals surface area contributed by atoms with Crippen LogP contribution in [0.1, 0.15) is 35.8 Å². The molecule has 18 heavy (non-hydrogen) atoms. The van der Waals surface area contributed by atoms with Gasteiger partial charge in [-0.25, -0.2) is 0 Å². The van der Waals surface area contributed by atoms with Gasteiger partial charge < -0.3 is 10.2 Å². The van der Waals surface area contributed by atoms with Gasteiger partial charge in [-0.15, -0.1) is 0 Å². The fourth-order valence-electron chi connectivity index (χ4n) is 3.38. The van der Waals surface area contributed by atoms with Crippen LogP contribution in [0, 0.1) is 18.8 Å². The zero-order valence-corrected chi connectivity index (χ0v) is 10.7. The molecular formula is C16H18O2. The van der Waals surface area contributed by atoms with Crippen LogP contribution >= 0.6 is 0 Å². The van der Waals surface area contributed by atoms with Crippen molar-refractivity contribution in [3.05, 3.63) is 58.7 Å². The molecular weight excluding hydrogens is 224 g/mol. The first-order valence-corrected chi connectivity index (χ1v) is 6.42. The average molecular weight is 242 g/mol. The highest BCUT2D eigenvalue weighted by atomic mass is 16.3. The molecule has 0 saturated heterocycles. The van der Waals surface area contributed by atoms with E-state index in [9.17, 15) is 10.2 Å². The standard InChI is InChI=1S/C16H18O2/c1-9-5-3-7-11-13(9)15(17)12-8-4-6-10(2)14(12)16(11)18/h3-8,11,13,15-18H,1-2H3. The molecule has 1 aromatic carbocycles. The molecule has 2 heteroatoms. The Hall–Kier alpha value is -1.38. The number of aliphatic hydroxyl groups is 2. The highest BCUT2D eigenvalue weighted by Crippen LogP contribution is 2.49. The minimum atomic E-state index is -0.519. The molecule has 0 aliphatic heterocycles. The van der Waals surface area contributed by atoms with Crippen LogP contribution in [0.25, 0.3) is 0 Å². The Bertz CT molecular complexity index is 542. The molecule has 0 bridgehead atoms. The number of aliphatic hydroxyl groups excluding tert-OH is 2. The van der Waals surface area contributed by atoms with Crippen LogP contribution in [-0.4, -0.2) is 10.2 Å². The van der Waals surface area contributed by atoms with Crippen molar-refractivity contribution in [3.63, 3.8) is 0 Å². The van der Waals surface area contributed by atoms with Gasteiger partial charge in [0.1, 0.15) is 0 Å². The summed E-state index contributed by atoms with van der Waals surface area (Å²) in [7, 11) is 0. The van der Waals surface area contributed by atoms with Crippen LogP contribution in [0.2, 0.25) is 0 Å². The van der Waals surface area contributed by atoms with Gasteiger partial charge in [0.05, 0.1) is 12.2 Å². The van der Waals surface area contributed by atoms with E-state index in [1.165, 1.54) is 0 Å². The maximum atomic E-state index is 10.6. The first kappa shape index (κ1) is 11.7. The Morgan fingerprint density at radius 2 is 1.83 bits per heavy atom. The molecule has 4 unspecified atom stereocenters. The molecule has 2 nitrogen and oxygen atoms in total. The van der Waals surface area contributed by atoms with Gasteiger partial charge in [0.15, 0.2) is 0 Å². The third-order valence-corrected chi connectivity index (χ3v) is 4.31. The molecule has 2 aliphatic carbocycles. The van der Waals surface area contributed by atoms with Gasteiger partial charge in [-0.05, 0) is 30.5 Å². The molecule has 3 rings (SSSR count). The molecule has 0 saturated carbocycles. The van der Waals surface area contributed by atoms with Crippen molar-refractivity contribution in [3.8, 4) is 0 Å². The quantitative estimate of drug-likeness (QED) is 0.734. The molecule has 4 atom stereocenters. The van der Waals surface area contributed by atoms with E-state index < -0.39 is 12.2 Å². The Morgan fingerprint density at radius 3 is 2.61 bits per heavy atom. The van der Waals surface area contributed by atoms with Gasteiger partial charge >= 0.3 is 0 Å². The van der Waals surface area contributed by atoms with Gasteiger partial charge in [0.25, 0.3) is 0 Å². The molecule has 2 aliphatic rings. The summed E-state index contributed by atoms with van der Waals surface area (Å²) in [5.74, 6) is -0.0158. The van der Waals surface area contributed by atoms with Gasteiger partial charge in [-0.2, -0.15) is 0 Å². The van der Waals surface area contributed by atoms with Crippen LogP contribution in [0.4, 0.5) is 0 Å². The minimum absolute atomic E-state index is 0.000648. The lowest BCUT2D eigenvalue weighted by Crippen LogP contribution is -2.34. The number of hydrogen-bond acceptors (Lipinski definition) is 2. The van der Waals surface area contributed by atoms with Crippen LogP contribution in [-0.2, 0) is 0 Å². The second kappa shape index (κ2) is 4.08. The van der Waals surface area contributed by atoms with Crippen molar-refractivity contribution in [1.29, 1.82) is 0 Å². The fraction of sp³-hybridized carbons (Fsp3) is 0.375. The summed E-state index contributed by atoms with van der Waals surface area (Å²) in [5.41, 5.74) is 3.98. The summed E-state index contributed by atoms with van der Waals surface area (Å²) in [6.07, 6.45) is 4.98. The number of rotatable bonds is 0. The predicted octanol–water partition coefficient (Wildman–Crippen LogP) is 2.82. The Labute approximate surface area is 107 Å². The van der Waals surface area contributed by atoms with Gasteiger partial charge in [-0.3, -0.25) is 0 Å². The van der Waals surface area contributed by atoms with Crippen molar-refractivity contribution in [2.45, 2.75) is 26.1 Å². The van der Waals surface area contributed by atoms with Gasteiger partial charge in [0, 0.05) is 11.8 Å². The summed E-state index contributed by atoms with van der Waals surface area (Å²) in [5, 5.41) is 21.2. The van der Waals surface area contributed by atoms with E-state index in [-0.39, 0.29) is 11.8 Å². The second-order valence-corrected chi connectivity index (χ2v) is 5.37. The predicted molar refractivity (Wildman–Crippen MR) is 71.0 cm³/mol. The number of benzene rings is 1. The smallest absolute Gasteiger partial charge is 0.0865 e. The molecule has 94 valence electrons. The third-order valence-electron chi connectivity index (χ3n) is 4.31. The molecule has 0 fully saturated rings. The van der Waals surface area contributed by atoms with Crippen molar-refractivity contribution in [2.24, 2.45) is 11.8 Å². The lowest BCUT2D eigenvalue weighted by Gasteiger charge is -2.41. The minimum Gasteiger partial charge on any atom is -0.388 e. The zero-order valence-electron chi connectivity index (χ0n) is 10.7. The van der Waals surface area contributed by atoms with Gasteiger partial charge in [-0.1, -0.05) is 42.0 Å². The molecule has 0 aromatic heterocycles. The van der Waals surface area contributed by atoms with Crippen molar-refractivity contribution in [2.75, 3.05) is 0 Å². The maximum absolute atomic E-state index is 10.6. The number of allylic oxidation sites excluding steroid dienone is 2. The summed E-state index contributed by atoms with van der Waals surface area (Å²) in [6.45, 7) is 4.02. The van der Waals surface area contributed by atoms with E-state index in [4.69, 9.17) is 0 Å². The summed E-state index contributed by atoms with van der Waals surface area (Å²) >= 11 is 0. The summed E-state index contributed by atoms with van der Waals surface area (Å²) in [4.78, 5) is 0. The maximum Gasteiger partial charge on any atom is 0.0865 e. The van der Waals surface area contributed by atoms with Crippen molar-refractivity contribution in [1.82, 2.24) is 0 Å². The highest BCUT2D eigenvalue weighted by Gasteiger charge is 2.42. The normalized spacial score (nSPS) is 33.7. The van der Waals surface area contributed by atoms with Gasteiger partial charge in [0.2, 0.25) is 0 Å². The zero-order chi connectivity index (χ0) is 12.9. The largest absolute Gasteiger partial charge is 0.388 e. The Morgan fingerprint density at radius 1 is 1.06 bits per heavy atom. The molecule has 0 amide bonds. The first-order valence-electron chi connectivity index (χ1n) is 6.42. The van der Waals surface area contributed by atoms with Crippen LogP contribution in [0.15, 0.2) is 42.0 Å². The van der Waals surface area contributed by atoms with Crippen molar-refractivity contribution >= 4 is 0 Å². The number of fused-ring (bicyclic) bond motifs is 2. The van der Waals surface area contributed by atoms with Crippen LogP contribution in [0.3, 0.4) is 0 Å². The average Bonchev–Trinajstić information content (AvgIpc) is 2.35. The molecule has 0 heterocycles.